The van der Waals surface area contributed by atoms with Gasteiger partial charge in [-0.05, 0) is 55.9 Å². The number of sulfonamides is 1. The highest BCUT2D eigenvalue weighted by Crippen LogP contribution is 2.27. The van der Waals surface area contributed by atoms with E-state index in [0.29, 0.717) is 16.6 Å². The minimum Gasteiger partial charge on any atom is -0.307 e. The Kier molecular flexibility index (Phi) is 6.88. The van der Waals surface area contributed by atoms with E-state index in [4.69, 9.17) is 23.2 Å². The van der Waals surface area contributed by atoms with Crippen molar-refractivity contribution in [1.29, 1.82) is 0 Å². The van der Waals surface area contributed by atoms with Crippen LogP contribution in [0.15, 0.2) is 47.4 Å². The summed E-state index contributed by atoms with van der Waals surface area (Å²) in [5, 5.41) is 0.835. The zero-order valence-electron chi connectivity index (χ0n) is 14.5. The molecule has 1 N–H and O–H groups in total. The first-order chi connectivity index (χ1) is 11.7. The Hall–Kier alpha value is -1.11. The van der Waals surface area contributed by atoms with Gasteiger partial charge in [-0.3, -0.25) is 0 Å². The molecule has 0 aliphatic carbocycles. The van der Waals surface area contributed by atoms with Crippen molar-refractivity contribution in [3.05, 3.63) is 63.6 Å². The number of hydrogen-bond acceptors (Lipinski definition) is 3. The summed E-state index contributed by atoms with van der Waals surface area (Å²) >= 11 is 12.1. The second kappa shape index (κ2) is 8.52. The van der Waals surface area contributed by atoms with Crippen molar-refractivity contribution >= 4 is 33.2 Å². The Morgan fingerprint density at radius 2 is 1.68 bits per heavy atom. The van der Waals surface area contributed by atoms with Crippen LogP contribution in [0.3, 0.4) is 0 Å². The zero-order chi connectivity index (χ0) is 18.6. The lowest BCUT2D eigenvalue weighted by Gasteiger charge is -2.23. The van der Waals surface area contributed by atoms with Gasteiger partial charge in [0, 0.05) is 6.54 Å². The van der Waals surface area contributed by atoms with Gasteiger partial charge in [0.25, 0.3) is 0 Å². The third kappa shape index (κ3) is 5.43. The highest BCUT2D eigenvalue weighted by molar-refractivity contribution is 7.89. The first-order valence-electron chi connectivity index (χ1n) is 7.94. The Bertz CT molecular complexity index is 821. The third-order valence-corrected chi connectivity index (χ3v) is 6.06. The average Bonchev–Trinajstić information content (AvgIpc) is 2.56. The molecule has 2 aromatic carbocycles. The molecular weight excluding hydrogens is 379 g/mol. The lowest BCUT2D eigenvalue weighted by molar-refractivity contribution is 0.363. The number of hydrogen-bond donors (Lipinski definition) is 1. The molecule has 0 amide bonds. The maximum Gasteiger partial charge on any atom is 0.241 e. The number of likely N-dealkylation sites (N-methyl/N-ethyl adjacent to an activating group) is 1. The van der Waals surface area contributed by atoms with Gasteiger partial charge in [0.2, 0.25) is 10.0 Å². The molecule has 2 aromatic rings. The molecular formula is C18H22Cl2N2O2S. The smallest absolute Gasteiger partial charge is 0.241 e. The zero-order valence-corrected chi connectivity index (χ0v) is 16.8. The fourth-order valence-corrected chi connectivity index (χ4v) is 3.99. The molecule has 0 bridgehead atoms. The van der Waals surface area contributed by atoms with Crippen LogP contribution in [0.25, 0.3) is 0 Å². The molecule has 7 heteroatoms. The first-order valence-corrected chi connectivity index (χ1v) is 10.2. The van der Waals surface area contributed by atoms with Crippen molar-refractivity contribution in [3.63, 3.8) is 0 Å². The molecule has 0 aliphatic rings. The van der Waals surface area contributed by atoms with E-state index in [1.54, 1.807) is 30.3 Å². The summed E-state index contributed by atoms with van der Waals surface area (Å²) in [5.74, 6) is 0. The standard InChI is InChI=1S/C18H22Cl2N2O2S/c1-4-13-5-8-15(9-6-13)25(23,24)21-18(12-22(2)3)14-7-10-16(19)17(20)11-14/h5-11,18,21H,4,12H2,1-3H3. The lowest BCUT2D eigenvalue weighted by atomic mass is 10.1. The summed E-state index contributed by atoms with van der Waals surface area (Å²) in [7, 11) is 0.114. The van der Waals surface area contributed by atoms with Gasteiger partial charge in [0.15, 0.2) is 0 Å². The molecule has 0 fully saturated rings. The van der Waals surface area contributed by atoms with E-state index in [0.717, 1.165) is 17.5 Å². The Morgan fingerprint density at radius 3 is 2.20 bits per heavy atom. The molecule has 1 atom stereocenters. The quantitative estimate of drug-likeness (QED) is 0.759. The molecule has 0 saturated carbocycles. The fraction of sp³-hybridized carbons (Fsp3) is 0.333. The van der Waals surface area contributed by atoms with Crippen molar-refractivity contribution in [2.45, 2.75) is 24.3 Å². The van der Waals surface area contributed by atoms with Gasteiger partial charge in [-0.25, -0.2) is 13.1 Å². The molecule has 2 rings (SSSR count). The molecule has 25 heavy (non-hydrogen) atoms. The number of rotatable bonds is 7. The van der Waals surface area contributed by atoms with Gasteiger partial charge < -0.3 is 4.90 Å². The Morgan fingerprint density at radius 1 is 1.04 bits per heavy atom. The van der Waals surface area contributed by atoms with Gasteiger partial charge in [-0.1, -0.05) is 48.3 Å². The minimum absolute atomic E-state index is 0.244. The summed E-state index contributed by atoms with van der Waals surface area (Å²) in [6.45, 7) is 2.52. The normalized spacial score (nSPS) is 13.2. The molecule has 0 aromatic heterocycles. The van der Waals surface area contributed by atoms with Crippen LogP contribution in [0, 0.1) is 0 Å². The largest absolute Gasteiger partial charge is 0.307 e. The van der Waals surface area contributed by atoms with Crippen LogP contribution < -0.4 is 4.72 Å². The van der Waals surface area contributed by atoms with Crippen LogP contribution in [-0.2, 0) is 16.4 Å². The lowest BCUT2D eigenvalue weighted by Crippen LogP contribution is -2.35. The fourth-order valence-electron chi connectivity index (χ4n) is 2.46. The number of nitrogens with one attached hydrogen (secondary N) is 1. The summed E-state index contributed by atoms with van der Waals surface area (Å²) in [4.78, 5) is 2.16. The van der Waals surface area contributed by atoms with E-state index < -0.39 is 16.1 Å². The van der Waals surface area contributed by atoms with E-state index in [2.05, 4.69) is 4.72 Å². The van der Waals surface area contributed by atoms with Crippen molar-refractivity contribution in [3.8, 4) is 0 Å². The van der Waals surface area contributed by atoms with E-state index in [9.17, 15) is 8.42 Å². The summed E-state index contributed by atoms with van der Waals surface area (Å²) < 4.78 is 28.3. The van der Waals surface area contributed by atoms with Crippen LogP contribution in [0.2, 0.25) is 10.0 Å². The van der Waals surface area contributed by atoms with Gasteiger partial charge in [-0.2, -0.15) is 0 Å². The summed E-state index contributed by atoms with van der Waals surface area (Å²) in [5.41, 5.74) is 1.85. The SMILES string of the molecule is CCc1ccc(S(=O)(=O)NC(CN(C)C)c2ccc(Cl)c(Cl)c2)cc1. The van der Waals surface area contributed by atoms with E-state index in [1.165, 1.54) is 0 Å². The average molecular weight is 401 g/mol. The number of halogens is 2. The minimum atomic E-state index is -3.65. The van der Waals surface area contributed by atoms with Gasteiger partial charge >= 0.3 is 0 Å². The van der Waals surface area contributed by atoms with Crippen molar-refractivity contribution < 1.29 is 8.42 Å². The maximum atomic E-state index is 12.8. The van der Waals surface area contributed by atoms with Crippen LogP contribution in [0.1, 0.15) is 24.1 Å². The Balaban J connectivity index is 2.32. The van der Waals surface area contributed by atoms with Crippen LogP contribution in [-0.4, -0.2) is 34.0 Å². The van der Waals surface area contributed by atoms with Crippen LogP contribution in [0.4, 0.5) is 0 Å². The molecule has 1 unspecified atom stereocenters. The Labute approximate surface area is 159 Å². The summed E-state index contributed by atoms with van der Waals surface area (Å²) in [6.07, 6.45) is 0.861. The highest BCUT2D eigenvalue weighted by atomic mass is 35.5. The predicted octanol–water partition coefficient (Wildman–Crippen LogP) is 4.14. The van der Waals surface area contributed by atoms with Crippen molar-refractivity contribution in [1.82, 2.24) is 9.62 Å². The first kappa shape index (κ1) is 20.2. The number of aryl methyl sites for hydroxylation is 1. The van der Waals surface area contributed by atoms with Gasteiger partial charge in [0.1, 0.15) is 0 Å². The number of benzene rings is 2. The van der Waals surface area contributed by atoms with E-state index in [-0.39, 0.29) is 4.90 Å². The van der Waals surface area contributed by atoms with Crippen LogP contribution >= 0.6 is 23.2 Å². The molecule has 0 heterocycles. The molecule has 4 nitrogen and oxygen atoms in total. The molecule has 136 valence electrons. The maximum absolute atomic E-state index is 12.8. The second-order valence-corrected chi connectivity index (χ2v) is 8.64. The molecule has 0 aliphatic heterocycles. The van der Waals surface area contributed by atoms with Crippen molar-refractivity contribution in [2.75, 3.05) is 20.6 Å². The van der Waals surface area contributed by atoms with E-state index >= 15 is 0 Å². The van der Waals surface area contributed by atoms with Gasteiger partial charge in [-0.15, -0.1) is 0 Å². The third-order valence-electron chi connectivity index (χ3n) is 3.83. The molecule has 0 spiro atoms. The summed E-state index contributed by atoms with van der Waals surface area (Å²) in [6, 6.07) is 11.6. The topological polar surface area (TPSA) is 49.4 Å². The highest BCUT2D eigenvalue weighted by Gasteiger charge is 2.22. The van der Waals surface area contributed by atoms with Gasteiger partial charge in [0.05, 0.1) is 21.0 Å². The molecule has 0 radical (unpaired) electrons. The predicted molar refractivity (Wildman–Crippen MR) is 104 cm³/mol. The monoisotopic (exact) mass is 400 g/mol. The number of nitrogens with zero attached hydrogens (tertiary/aromatic N) is 1. The second-order valence-electron chi connectivity index (χ2n) is 6.11. The van der Waals surface area contributed by atoms with Crippen LogP contribution in [0.5, 0.6) is 0 Å². The van der Waals surface area contributed by atoms with Crippen molar-refractivity contribution in [2.24, 2.45) is 0 Å². The molecule has 0 saturated heterocycles. The van der Waals surface area contributed by atoms with E-state index in [1.807, 2.05) is 38.1 Å².